The maximum Gasteiger partial charge on any atom is 0.337 e. The highest BCUT2D eigenvalue weighted by atomic mass is 32.2. The first-order chi connectivity index (χ1) is 16.3. The van der Waals surface area contributed by atoms with Crippen LogP contribution in [0.2, 0.25) is 0 Å². The number of carbonyl (C=O) groups is 3. The van der Waals surface area contributed by atoms with Gasteiger partial charge in [0.15, 0.2) is 11.0 Å². The maximum atomic E-state index is 12.6. The van der Waals surface area contributed by atoms with Gasteiger partial charge in [-0.05, 0) is 51.1 Å². The van der Waals surface area contributed by atoms with E-state index in [1.807, 2.05) is 37.5 Å². The van der Waals surface area contributed by atoms with Crippen LogP contribution in [0.1, 0.15) is 52.0 Å². The fraction of sp³-hybridized carbons (Fsp3) is 0.292. The molecule has 9 nitrogen and oxygen atoms in total. The molecule has 2 N–H and O–H groups in total. The Balaban J connectivity index is 1.61. The van der Waals surface area contributed by atoms with Crippen molar-refractivity contribution in [1.29, 1.82) is 0 Å². The van der Waals surface area contributed by atoms with Crippen molar-refractivity contribution in [3.05, 3.63) is 71.0 Å². The molecule has 0 bridgehead atoms. The van der Waals surface area contributed by atoms with E-state index in [-0.39, 0.29) is 23.6 Å². The van der Waals surface area contributed by atoms with Gasteiger partial charge in [-0.15, -0.1) is 10.2 Å². The summed E-state index contributed by atoms with van der Waals surface area (Å²) in [6, 6.07) is 13.5. The van der Waals surface area contributed by atoms with Gasteiger partial charge in [0.05, 0.1) is 24.5 Å². The summed E-state index contributed by atoms with van der Waals surface area (Å²) in [5.74, 6) is -0.208. The molecule has 2 amide bonds. The predicted molar refractivity (Wildman–Crippen MR) is 130 cm³/mol. The SMILES string of the molecule is CCn1c(SCC(=O)Nc2cccc(C(=O)OC)c2)nnc1[C@H](C)NC(=O)c1ccc(C)cc1. The number of hydrogen-bond acceptors (Lipinski definition) is 7. The molecule has 1 atom stereocenters. The van der Waals surface area contributed by atoms with E-state index in [1.54, 1.807) is 36.4 Å². The summed E-state index contributed by atoms with van der Waals surface area (Å²) in [5, 5.41) is 14.7. The lowest BCUT2D eigenvalue weighted by Gasteiger charge is -2.15. The van der Waals surface area contributed by atoms with E-state index < -0.39 is 5.97 Å². The van der Waals surface area contributed by atoms with Crippen molar-refractivity contribution in [2.75, 3.05) is 18.2 Å². The zero-order chi connectivity index (χ0) is 24.7. The predicted octanol–water partition coefficient (Wildman–Crippen LogP) is 3.61. The highest BCUT2D eigenvalue weighted by Gasteiger charge is 2.20. The number of rotatable bonds is 9. The van der Waals surface area contributed by atoms with Gasteiger partial charge in [0, 0.05) is 17.8 Å². The van der Waals surface area contributed by atoms with Crippen molar-refractivity contribution >= 4 is 35.2 Å². The molecule has 0 aliphatic heterocycles. The fourth-order valence-electron chi connectivity index (χ4n) is 3.24. The number of amides is 2. The first-order valence-electron chi connectivity index (χ1n) is 10.7. The number of aryl methyl sites for hydroxylation is 1. The maximum absolute atomic E-state index is 12.6. The number of hydrogen-bond donors (Lipinski definition) is 2. The molecule has 3 rings (SSSR count). The number of anilines is 1. The summed E-state index contributed by atoms with van der Waals surface area (Å²) in [6.45, 7) is 6.34. The zero-order valence-electron chi connectivity index (χ0n) is 19.5. The smallest absolute Gasteiger partial charge is 0.337 e. The quantitative estimate of drug-likeness (QED) is 0.354. The number of thioether (sulfide) groups is 1. The molecular weight excluding hydrogens is 454 g/mol. The monoisotopic (exact) mass is 481 g/mol. The Kier molecular flexibility index (Phi) is 8.42. The van der Waals surface area contributed by atoms with Gasteiger partial charge in [-0.25, -0.2) is 4.79 Å². The summed E-state index contributed by atoms with van der Waals surface area (Å²) in [4.78, 5) is 36.7. The molecule has 2 aromatic carbocycles. The third kappa shape index (κ3) is 6.22. The van der Waals surface area contributed by atoms with Crippen LogP contribution in [0.5, 0.6) is 0 Å². The van der Waals surface area contributed by atoms with Crippen molar-refractivity contribution in [2.45, 2.75) is 38.5 Å². The van der Waals surface area contributed by atoms with E-state index in [9.17, 15) is 14.4 Å². The number of ether oxygens (including phenoxy) is 1. The molecule has 0 aliphatic rings. The molecule has 1 aromatic heterocycles. The van der Waals surface area contributed by atoms with Crippen LogP contribution in [-0.2, 0) is 16.1 Å². The van der Waals surface area contributed by atoms with E-state index in [0.717, 1.165) is 5.56 Å². The average molecular weight is 482 g/mol. The highest BCUT2D eigenvalue weighted by molar-refractivity contribution is 7.99. The van der Waals surface area contributed by atoms with Gasteiger partial charge in [0.1, 0.15) is 0 Å². The van der Waals surface area contributed by atoms with E-state index in [4.69, 9.17) is 4.74 Å². The Labute approximate surface area is 202 Å². The number of methoxy groups -OCH3 is 1. The summed E-state index contributed by atoms with van der Waals surface area (Å²) in [5.41, 5.74) is 2.50. The van der Waals surface area contributed by atoms with E-state index >= 15 is 0 Å². The minimum absolute atomic E-state index is 0.102. The minimum Gasteiger partial charge on any atom is -0.465 e. The number of carbonyl (C=O) groups excluding carboxylic acids is 3. The lowest BCUT2D eigenvalue weighted by molar-refractivity contribution is -0.113. The van der Waals surface area contributed by atoms with E-state index in [0.29, 0.717) is 34.3 Å². The number of esters is 1. The fourth-order valence-corrected chi connectivity index (χ4v) is 4.05. The van der Waals surface area contributed by atoms with Crippen LogP contribution in [0.15, 0.2) is 53.7 Å². The average Bonchev–Trinajstić information content (AvgIpc) is 3.26. The molecule has 0 saturated carbocycles. The Hall–Kier alpha value is -3.66. The molecular formula is C24H27N5O4S. The Morgan fingerprint density at radius 2 is 1.82 bits per heavy atom. The standard InChI is InChI=1S/C24H27N5O4S/c1-5-29-21(16(3)25-22(31)17-11-9-15(2)10-12-17)27-28-24(29)34-14-20(30)26-19-8-6-7-18(13-19)23(32)33-4/h6-13,16H,5,14H2,1-4H3,(H,25,31)(H,26,30)/t16-/m0/s1. The first kappa shape index (κ1) is 25.0. The Bertz CT molecular complexity index is 1180. The summed E-state index contributed by atoms with van der Waals surface area (Å²) in [6.07, 6.45) is 0. The first-order valence-corrected chi connectivity index (χ1v) is 11.7. The van der Waals surface area contributed by atoms with Crippen molar-refractivity contribution in [1.82, 2.24) is 20.1 Å². The molecule has 0 saturated heterocycles. The normalized spacial score (nSPS) is 11.5. The summed E-state index contributed by atoms with van der Waals surface area (Å²) in [7, 11) is 1.30. The third-order valence-corrected chi connectivity index (χ3v) is 5.98. The minimum atomic E-state index is -0.474. The van der Waals surface area contributed by atoms with Gasteiger partial charge in [0.2, 0.25) is 5.91 Å². The van der Waals surface area contributed by atoms with Gasteiger partial charge in [0.25, 0.3) is 5.91 Å². The largest absolute Gasteiger partial charge is 0.465 e. The number of nitrogens with zero attached hydrogens (tertiary/aromatic N) is 3. The number of benzene rings is 2. The second-order valence-electron chi connectivity index (χ2n) is 7.56. The zero-order valence-corrected chi connectivity index (χ0v) is 20.3. The van der Waals surface area contributed by atoms with Crippen LogP contribution >= 0.6 is 11.8 Å². The van der Waals surface area contributed by atoms with Crippen LogP contribution in [0.4, 0.5) is 5.69 Å². The molecule has 0 aliphatic carbocycles. The Morgan fingerprint density at radius 1 is 1.09 bits per heavy atom. The molecule has 0 radical (unpaired) electrons. The van der Waals surface area contributed by atoms with Crippen LogP contribution in [0.3, 0.4) is 0 Å². The van der Waals surface area contributed by atoms with Gasteiger partial charge in [-0.1, -0.05) is 35.5 Å². The van der Waals surface area contributed by atoms with Gasteiger partial charge in [-0.2, -0.15) is 0 Å². The topological polar surface area (TPSA) is 115 Å². The molecule has 178 valence electrons. The molecule has 1 heterocycles. The van der Waals surface area contributed by atoms with Crippen molar-refractivity contribution in [3.8, 4) is 0 Å². The molecule has 34 heavy (non-hydrogen) atoms. The van der Waals surface area contributed by atoms with E-state index in [1.165, 1.54) is 18.9 Å². The lowest BCUT2D eigenvalue weighted by Crippen LogP contribution is -2.28. The summed E-state index contributed by atoms with van der Waals surface area (Å²) >= 11 is 1.24. The third-order valence-electron chi connectivity index (χ3n) is 5.01. The number of nitrogens with one attached hydrogen (secondary N) is 2. The van der Waals surface area contributed by atoms with Crippen LogP contribution in [-0.4, -0.2) is 45.4 Å². The number of aromatic nitrogens is 3. The molecule has 3 aromatic rings. The van der Waals surface area contributed by atoms with Gasteiger partial charge < -0.3 is 19.9 Å². The van der Waals surface area contributed by atoms with Crippen molar-refractivity contribution in [2.24, 2.45) is 0 Å². The van der Waals surface area contributed by atoms with E-state index in [2.05, 4.69) is 20.8 Å². The lowest BCUT2D eigenvalue weighted by atomic mass is 10.1. The molecule has 0 fully saturated rings. The van der Waals surface area contributed by atoms with Gasteiger partial charge >= 0.3 is 5.97 Å². The van der Waals surface area contributed by atoms with Crippen LogP contribution in [0, 0.1) is 6.92 Å². The van der Waals surface area contributed by atoms with Crippen molar-refractivity contribution in [3.63, 3.8) is 0 Å². The van der Waals surface area contributed by atoms with Gasteiger partial charge in [-0.3, -0.25) is 9.59 Å². The second-order valence-corrected chi connectivity index (χ2v) is 8.50. The highest BCUT2D eigenvalue weighted by Crippen LogP contribution is 2.21. The Morgan fingerprint density at radius 3 is 2.50 bits per heavy atom. The van der Waals surface area contributed by atoms with Crippen LogP contribution in [0.25, 0.3) is 0 Å². The van der Waals surface area contributed by atoms with Crippen LogP contribution < -0.4 is 10.6 Å². The van der Waals surface area contributed by atoms with Crippen molar-refractivity contribution < 1.29 is 19.1 Å². The molecule has 10 heteroatoms. The molecule has 0 spiro atoms. The molecule has 0 unspecified atom stereocenters. The second kappa shape index (κ2) is 11.5. The summed E-state index contributed by atoms with van der Waals surface area (Å²) < 4.78 is 6.57.